The Hall–Kier alpha value is -1.46. The Labute approximate surface area is 136 Å². The summed E-state index contributed by atoms with van der Waals surface area (Å²) in [6, 6.07) is 7.35. The topological polar surface area (TPSA) is 48.0 Å². The first-order valence-electron chi connectivity index (χ1n) is 7.60. The van der Waals surface area contributed by atoms with Crippen LogP contribution in [-0.4, -0.2) is 49.8 Å². The fourth-order valence-electron chi connectivity index (χ4n) is 2.69. The number of carbonyl (C=O) groups excluding carboxylic acids is 1. The molecule has 122 valence electrons. The van der Waals surface area contributed by atoms with E-state index in [1.807, 2.05) is 18.2 Å². The number of hydrogen-bond acceptors (Lipinski definition) is 5. The Bertz CT molecular complexity index is 491. The van der Waals surface area contributed by atoms with Crippen LogP contribution in [0.15, 0.2) is 24.3 Å². The lowest BCUT2D eigenvalue weighted by Gasteiger charge is -2.27. The van der Waals surface area contributed by atoms with Crippen molar-refractivity contribution in [2.45, 2.75) is 25.4 Å². The summed E-state index contributed by atoms with van der Waals surface area (Å²) < 4.78 is 16.5. The number of hydrogen-bond donors (Lipinski definition) is 0. The molecule has 1 fully saturated rings. The molecule has 0 aromatic heterocycles. The van der Waals surface area contributed by atoms with E-state index in [9.17, 15) is 4.79 Å². The van der Waals surface area contributed by atoms with Crippen molar-refractivity contribution < 1.29 is 19.0 Å². The molecule has 22 heavy (non-hydrogen) atoms. The number of para-hydroxylation sites is 2. The lowest BCUT2D eigenvalue weighted by atomic mass is 10.1. The largest absolute Gasteiger partial charge is 0.485 e. The summed E-state index contributed by atoms with van der Waals surface area (Å²) in [5, 5.41) is 0. The van der Waals surface area contributed by atoms with E-state index >= 15 is 0 Å². The second-order valence-corrected chi connectivity index (χ2v) is 5.43. The lowest BCUT2D eigenvalue weighted by molar-refractivity contribution is -0.155. The molecule has 0 saturated carbocycles. The zero-order valence-electron chi connectivity index (χ0n) is 12.5. The van der Waals surface area contributed by atoms with E-state index in [1.165, 1.54) is 19.3 Å². The summed E-state index contributed by atoms with van der Waals surface area (Å²) in [6.07, 6.45) is 3.12. The van der Waals surface area contributed by atoms with Crippen LogP contribution in [0.4, 0.5) is 0 Å². The molecule has 0 spiro atoms. The monoisotopic (exact) mass is 327 g/mol. The van der Waals surface area contributed by atoms with Gasteiger partial charge in [0.1, 0.15) is 13.2 Å². The van der Waals surface area contributed by atoms with Crippen molar-refractivity contribution in [2.75, 3.05) is 32.8 Å². The predicted molar refractivity (Wildman–Crippen MR) is 84.9 cm³/mol. The molecular weight excluding hydrogens is 306 g/mol. The van der Waals surface area contributed by atoms with E-state index in [0.29, 0.717) is 18.1 Å². The molecule has 0 bridgehead atoms. The molecule has 0 amide bonds. The van der Waals surface area contributed by atoms with Crippen molar-refractivity contribution in [3.8, 4) is 11.5 Å². The average Bonchev–Trinajstić information content (AvgIpc) is 2.55. The highest BCUT2D eigenvalue weighted by Crippen LogP contribution is 2.31. The minimum absolute atomic E-state index is 0. The maximum absolute atomic E-state index is 12.0. The van der Waals surface area contributed by atoms with Gasteiger partial charge in [0.2, 0.25) is 6.10 Å². The van der Waals surface area contributed by atoms with Crippen molar-refractivity contribution in [3.05, 3.63) is 24.3 Å². The number of rotatable bonds is 4. The molecule has 1 aromatic carbocycles. The Morgan fingerprint density at radius 3 is 2.68 bits per heavy atom. The molecule has 0 N–H and O–H groups in total. The second kappa shape index (κ2) is 8.25. The Morgan fingerprint density at radius 2 is 1.91 bits per heavy atom. The van der Waals surface area contributed by atoms with Gasteiger partial charge in [-0.25, -0.2) is 4.79 Å². The van der Waals surface area contributed by atoms with Crippen molar-refractivity contribution >= 4 is 18.4 Å². The molecule has 1 unspecified atom stereocenters. The maximum Gasteiger partial charge on any atom is 0.351 e. The number of nitrogens with zero attached hydrogens (tertiary/aromatic N) is 1. The number of benzene rings is 1. The molecule has 1 aromatic rings. The van der Waals surface area contributed by atoms with Gasteiger partial charge in [-0.15, -0.1) is 12.4 Å². The molecule has 0 aliphatic carbocycles. The molecule has 1 saturated heterocycles. The molecule has 3 rings (SSSR count). The number of esters is 1. The lowest BCUT2D eigenvalue weighted by Crippen LogP contribution is -2.39. The van der Waals surface area contributed by atoms with E-state index in [2.05, 4.69) is 4.90 Å². The van der Waals surface area contributed by atoms with Crippen LogP contribution < -0.4 is 9.47 Å². The summed E-state index contributed by atoms with van der Waals surface area (Å²) >= 11 is 0. The quantitative estimate of drug-likeness (QED) is 0.794. The van der Waals surface area contributed by atoms with Crippen molar-refractivity contribution in [1.82, 2.24) is 4.90 Å². The van der Waals surface area contributed by atoms with Gasteiger partial charge in [-0.2, -0.15) is 0 Å². The molecule has 0 radical (unpaired) electrons. The van der Waals surface area contributed by atoms with Gasteiger partial charge in [-0.05, 0) is 38.1 Å². The second-order valence-electron chi connectivity index (χ2n) is 5.43. The molecule has 2 aliphatic rings. The van der Waals surface area contributed by atoms with Gasteiger partial charge in [0.05, 0.1) is 0 Å². The van der Waals surface area contributed by atoms with Gasteiger partial charge in [-0.3, -0.25) is 4.90 Å². The van der Waals surface area contributed by atoms with Crippen molar-refractivity contribution in [3.63, 3.8) is 0 Å². The highest BCUT2D eigenvalue weighted by atomic mass is 35.5. The van der Waals surface area contributed by atoms with E-state index < -0.39 is 6.10 Å². The predicted octanol–water partition coefficient (Wildman–Crippen LogP) is 2.28. The summed E-state index contributed by atoms with van der Waals surface area (Å²) in [5.41, 5.74) is 0. The number of piperidine rings is 1. The normalized spacial score (nSPS) is 20.8. The number of likely N-dealkylation sites (tertiary alicyclic amines) is 1. The molecule has 5 nitrogen and oxygen atoms in total. The molecule has 6 heteroatoms. The smallest absolute Gasteiger partial charge is 0.351 e. The van der Waals surface area contributed by atoms with Gasteiger partial charge in [0.15, 0.2) is 11.5 Å². The van der Waals surface area contributed by atoms with Crippen LogP contribution in [0, 0.1) is 0 Å². The van der Waals surface area contributed by atoms with Crippen LogP contribution in [0.3, 0.4) is 0 Å². The van der Waals surface area contributed by atoms with Crippen LogP contribution in [0.25, 0.3) is 0 Å². The molecular formula is C16H22ClNO4. The standard InChI is InChI=1S/C16H21NO4.ClH/c18-16(19-11-10-17-8-4-1-5-9-17)15-12-20-13-6-2-3-7-14(13)21-15;/h2-3,6-7,15H,1,4-5,8-12H2;1H. The van der Waals surface area contributed by atoms with E-state index in [-0.39, 0.29) is 25.0 Å². The third-order valence-corrected chi connectivity index (χ3v) is 3.87. The van der Waals surface area contributed by atoms with E-state index in [0.717, 1.165) is 19.6 Å². The first kappa shape index (κ1) is 16.9. The molecule has 1 atom stereocenters. The first-order valence-corrected chi connectivity index (χ1v) is 7.60. The number of ether oxygens (including phenoxy) is 3. The Morgan fingerprint density at radius 1 is 1.18 bits per heavy atom. The van der Waals surface area contributed by atoms with Crippen molar-refractivity contribution in [2.24, 2.45) is 0 Å². The van der Waals surface area contributed by atoms with Crippen molar-refractivity contribution in [1.29, 1.82) is 0 Å². The number of halogens is 1. The zero-order valence-corrected chi connectivity index (χ0v) is 13.3. The van der Waals surface area contributed by atoms with Gasteiger partial charge >= 0.3 is 5.97 Å². The third kappa shape index (κ3) is 4.27. The molecule has 2 heterocycles. The zero-order chi connectivity index (χ0) is 14.5. The fraction of sp³-hybridized carbons (Fsp3) is 0.562. The average molecular weight is 328 g/mol. The van der Waals surface area contributed by atoms with Crippen LogP contribution in [0.1, 0.15) is 19.3 Å². The van der Waals surface area contributed by atoms with Crippen LogP contribution in [0.5, 0.6) is 11.5 Å². The maximum atomic E-state index is 12.0. The highest BCUT2D eigenvalue weighted by molar-refractivity contribution is 5.85. The van der Waals surface area contributed by atoms with Crippen LogP contribution >= 0.6 is 12.4 Å². The summed E-state index contributed by atoms with van der Waals surface area (Å²) in [4.78, 5) is 14.3. The highest BCUT2D eigenvalue weighted by Gasteiger charge is 2.28. The summed E-state index contributed by atoms with van der Waals surface area (Å²) in [6.45, 7) is 3.64. The summed E-state index contributed by atoms with van der Waals surface area (Å²) in [5.74, 6) is 0.929. The molecule has 2 aliphatic heterocycles. The minimum atomic E-state index is -0.666. The minimum Gasteiger partial charge on any atom is -0.485 e. The van der Waals surface area contributed by atoms with E-state index in [1.54, 1.807) is 6.07 Å². The van der Waals surface area contributed by atoms with Crippen LogP contribution in [0.2, 0.25) is 0 Å². The van der Waals surface area contributed by atoms with Crippen LogP contribution in [-0.2, 0) is 9.53 Å². The van der Waals surface area contributed by atoms with Gasteiger partial charge < -0.3 is 14.2 Å². The third-order valence-electron chi connectivity index (χ3n) is 3.87. The van der Waals surface area contributed by atoms with E-state index in [4.69, 9.17) is 14.2 Å². The van der Waals surface area contributed by atoms with Gasteiger partial charge in [0, 0.05) is 6.54 Å². The number of carbonyl (C=O) groups is 1. The van der Waals surface area contributed by atoms with Gasteiger partial charge in [-0.1, -0.05) is 18.6 Å². The Kier molecular flexibility index (Phi) is 6.34. The first-order chi connectivity index (χ1) is 10.3. The number of fused-ring (bicyclic) bond motifs is 1. The Balaban J connectivity index is 0.00000176. The fourth-order valence-corrected chi connectivity index (χ4v) is 2.69. The summed E-state index contributed by atoms with van der Waals surface area (Å²) in [7, 11) is 0. The van der Waals surface area contributed by atoms with Gasteiger partial charge in [0.25, 0.3) is 0 Å². The SMILES string of the molecule is Cl.O=C(OCCN1CCCCC1)C1COc2ccccc2O1.